The Balaban J connectivity index is 1.89. The Morgan fingerprint density at radius 1 is 1.40 bits per heavy atom. The largest absolute Gasteiger partial charge is 0.324 e. The van der Waals surface area contributed by atoms with Gasteiger partial charge in [0.2, 0.25) is 5.91 Å². The minimum atomic E-state index is -0.200. The van der Waals surface area contributed by atoms with E-state index >= 15 is 0 Å². The third-order valence-electron chi connectivity index (χ3n) is 3.41. The maximum atomic E-state index is 11.5. The lowest BCUT2D eigenvalue weighted by Gasteiger charge is -2.30. The number of amides is 3. The molecule has 2 aliphatic rings. The van der Waals surface area contributed by atoms with Crippen LogP contribution in [-0.4, -0.2) is 29.9 Å². The van der Waals surface area contributed by atoms with Gasteiger partial charge in [-0.1, -0.05) is 13.3 Å². The lowest BCUT2D eigenvalue weighted by Crippen LogP contribution is -2.51. The fraction of sp³-hybridized carbons (Fsp3) is 0.818. The summed E-state index contributed by atoms with van der Waals surface area (Å²) in [5.41, 5.74) is 0.381. The maximum absolute atomic E-state index is 11.5. The minimum absolute atomic E-state index is 0.142. The van der Waals surface area contributed by atoms with Crippen molar-refractivity contribution in [2.45, 2.75) is 39.0 Å². The van der Waals surface area contributed by atoms with E-state index in [2.05, 4.69) is 12.2 Å². The summed E-state index contributed by atoms with van der Waals surface area (Å²) in [6, 6.07) is -0.200. The van der Waals surface area contributed by atoms with Crippen molar-refractivity contribution in [3.8, 4) is 0 Å². The van der Waals surface area contributed by atoms with Crippen molar-refractivity contribution in [1.29, 1.82) is 0 Å². The van der Waals surface area contributed by atoms with E-state index in [-0.39, 0.29) is 11.9 Å². The van der Waals surface area contributed by atoms with Crippen LogP contribution in [0.2, 0.25) is 0 Å². The standard InChI is InChI=1S/C11H18N2O2/c1-2-4-11(5-6-11)8-13-7-3-9(14)12-10(13)15/h2-8H2,1H3,(H,12,14,15). The van der Waals surface area contributed by atoms with Gasteiger partial charge in [-0.25, -0.2) is 4.79 Å². The average molecular weight is 210 g/mol. The molecule has 84 valence electrons. The third-order valence-corrected chi connectivity index (χ3v) is 3.41. The molecule has 1 N–H and O–H groups in total. The number of urea groups is 1. The third kappa shape index (κ3) is 2.30. The Morgan fingerprint density at radius 3 is 2.67 bits per heavy atom. The van der Waals surface area contributed by atoms with Gasteiger partial charge in [-0.05, 0) is 24.7 Å². The molecule has 2 fully saturated rings. The van der Waals surface area contributed by atoms with E-state index in [4.69, 9.17) is 0 Å². The van der Waals surface area contributed by atoms with Crippen molar-refractivity contribution >= 4 is 11.9 Å². The van der Waals surface area contributed by atoms with Crippen LogP contribution < -0.4 is 5.32 Å². The molecule has 0 radical (unpaired) electrons. The average Bonchev–Trinajstić information content (AvgIpc) is 2.91. The van der Waals surface area contributed by atoms with Crippen LogP contribution in [0.25, 0.3) is 0 Å². The number of imide groups is 1. The summed E-state index contributed by atoms with van der Waals surface area (Å²) >= 11 is 0. The summed E-state index contributed by atoms with van der Waals surface area (Å²) in [7, 11) is 0. The zero-order valence-corrected chi connectivity index (χ0v) is 9.21. The predicted molar refractivity (Wildman–Crippen MR) is 56.3 cm³/mol. The SMILES string of the molecule is CCCC1(CN2CCC(=O)NC2=O)CC1. The summed E-state index contributed by atoms with van der Waals surface area (Å²) in [5, 5.41) is 2.37. The molecular weight excluding hydrogens is 192 g/mol. The molecule has 0 aromatic carbocycles. The number of carbonyl (C=O) groups is 2. The van der Waals surface area contributed by atoms with Crippen LogP contribution in [-0.2, 0) is 4.79 Å². The summed E-state index contributed by atoms with van der Waals surface area (Å²) < 4.78 is 0. The van der Waals surface area contributed by atoms with E-state index in [1.54, 1.807) is 4.90 Å². The second kappa shape index (κ2) is 3.83. The molecule has 1 aliphatic heterocycles. The quantitative estimate of drug-likeness (QED) is 0.764. The van der Waals surface area contributed by atoms with Gasteiger partial charge >= 0.3 is 6.03 Å². The number of nitrogens with zero attached hydrogens (tertiary/aromatic N) is 1. The normalized spacial score (nSPS) is 23.9. The van der Waals surface area contributed by atoms with Crippen LogP contribution in [0.1, 0.15) is 39.0 Å². The van der Waals surface area contributed by atoms with Gasteiger partial charge in [-0.15, -0.1) is 0 Å². The fourth-order valence-electron chi connectivity index (χ4n) is 2.35. The molecule has 2 rings (SSSR count). The first kappa shape index (κ1) is 10.5. The number of hydrogen-bond acceptors (Lipinski definition) is 2. The van der Waals surface area contributed by atoms with Crippen molar-refractivity contribution in [3.63, 3.8) is 0 Å². The summed E-state index contributed by atoms with van der Waals surface area (Å²) in [5.74, 6) is -0.142. The predicted octanol–water partition coefficient (Wildman–Crippen LogP) is 1.51. The van der Waals surface area contributed by atoms with Crippen LogP contribution in [0.4, 0.5) is 4.79 Å². The summed E-state index contributed by atoms with van der Waals surface area (Å²) in [6.45, 7) is 3.61. The molecule has 0 aromatic rings. The van der Waals surface area contributed by atoms with E-state index in [1.165, 1.54) is 25.7 Å². The number of nitrogens with one attached hydrogen (secondary N) is 1. The van der Waals surface area contributed by atoms with E-state index in [0.717, 1.165) is 6.54 Å². The van der Waals surface area contributed by atoms with E-state index < -0.39 is 0 Å². The molecule has 3 amide bonds. The van der Waals surface area contributed by atoms with Crippen LogP contribution in [0.3, 0.4) is 0 Å². The fourth-order valence-corrected chi connectivity index (χ4v) is 2.35. The highest BCUT2D eigenvalue weighted by atomic mass is 16.2. The molecule has 4 heteroatoms. The molecule has 1 aliphatic carbocycles. The highest BCUT2D eigenvalue weighted by molar-refractivity contribution is 5.96. The van der Waals surface area contributed by atoms with Gasteiger partial charge in [-0.2, -0.15) is 0 Å². The first-order valence-electron chi connectivity index (χ1n) is 5.74. The van der Waals surface area contributed by atoms with Crippen LogP contribution in [0, 0.1) is 5.41 Å². The molecule has 0 atom stereocenters. The molecule has 0 spiro atoms. The molecule has 15 heavy (non-hydrogen) atoms. The first-order chi connectivity index (χ1) is 7.15. The Kier molecular flexibility index (Phi) is 2.67. The lowest BCUT2D eigenvalue weighted by molar-refractivity contribution is -0.121. The molecule has 1 saturated carbocycles. The lowest BCUT2D eigenvalue weighted by atomic mass is 10.00. The maximum Gasteiger partial charge on any atom is 0.324 e. The van der Waals surface area contributed by atoms with Gasteiger partial charge < -0.3 is 4.90 Å². The number of carbonyl (C=O) groups excluding carboxylic acids is 2. The number of rotatable bonds is 4. The van der Waals surface area contributed by atoms with E-state index in [1.807, 2.05) is 0 Å². The zero-order chi connectivity index (χ0) is 10.9. The molecule has 4 nitrogen and oxygen atoms in total. The van der Waals surface area contributed by atoms with Gasteiger partial charge in [0.1, 0.15) is 0 Å². The Morgan fingerprint density at radius 2 is 2.13 bits per heavy atom. The molecule has 0 unspecified atom stereocenters. The second-order valence-electron chi connectivity index (χ2n) is 4.77. The Labute approximate surface area is 90.0 Å². The summed E-state index contributed by atoms with van der Waals surface area (Å²) in [4.78, 5) is 24.3. The van der Waals surface area contributed by atoms with Gasteiger partial charge in [-0.3, -0.25) is 10.1 Å². The van der Waals surface area contributed by atoms with Gasteiger partial charge in [0.15, 0.2) is 0 Å². The number of hydrogen-bond donors (Lipinski definition) is 1. The van der Waals surface area contributed by atoms with E-state index in [0.29, 0.717) is 18.4 Å². The zero-order valence-electron chi connectivity index (χ0n) is 9.21. The highest BCUT2D eigenvalue weighted by Crippen LogP contribution is 2.50. The van der Waals surface area contributed by atoms with Crippen molar-refractivity contribution < 1.29 is 9.59 Å². The highest BCUT2D eigenvalue weighted by Gasteiger charge is 2.44. The van der Waals surface area contributed by atoms with Crippen molar-refractivity contribution in [3.05, 3.63) is 0 Å². The van der Waals surface area contributed by atoms with E-state index in [9.17, 15) is 9.59 Å². The van der Waals surface area contributed by atoms with Crippen molar-refractivity contribution in [2.24, 2.45) is 5.41 Å². The van der Waals surface area contributed by atoms with Crippen LogP contribution in [0.15, 0.2) is 0 Å². The molecule has 1 saturated heterocycles. The smallest absolute Gasteiger partial charge is 0.323 e. The van der Waals surface area contributed by atoms with Crippen LogP contribution >= 0.6 is 0 Å². The Hall–Kier alpha value is -1.06. The molecule has 0 aromatic heterocycles. The second-order valence-corrected chi connectivity index (χ2v) is 4.77. The minimum Gasteiger partial charge on any atom is -0.323 e. The van der Waals surface area contributed by atoms with Crippen molar-refractivity contribution in [1.82, 2.24) is 10.2 Å². The first-order valence-corrected chi connectivity index (χ1v) is 5.74. The van der Waals surface area contributed by atoms with Gasteiger partial charge in [0, 0.05) is 19.5 Å². The van der Waals surface area contributed by atoms with Gasteiger partial charge in [0.25, 0.3) is 0 Å². The summed E-state index contributed by atoms with van der Waals surface area (Å²) in [6.07, 6.45) is 5.30. The van der Waals surface area contributed by atoms with Crippen molar-refractivity contribution in [2.75, 3.05) is 13.1 Å². The molecule has 0 bridgehead atoms. The monoisotopic (exact) mass is 210 g/mol. The molecular formula is C11H18N2O2. The molecule has 1 heterocycles. The van der Waals surface area contributed by atoms with Gasteiger partial charge in [0.05, 0.1) is 0 Å². The van der Waals surface area contributed by atoms with Crippen LogP contribution in [0.5, 0.6) is 0 Å². The Bertz CT molecular complexity index is 284. The topological polar surface area (TPSA) is 49.4 Å².